The van der Waals surface area contributed by atoms with Crippen LogP contribution in [0.1, 0.15) is 24.0 Å². The first-order valence-corrected chi connectivity index (χ1v) is 5.26. The zero-order valence-corrected chi connectivity index (χ0v) is 9.19. The average molecular weight is 218 g/mol. The van der Waals surface area contributed by atoms with Gasteiger partial charge in [-0.25, -0.2) is 0 Å². The Bertz CT molecular complexity index is 438. The van der Waals surface area contributed by atoms with E-state index in [-0.39, 0.29) is 11.8 Å². The number of nitrogen functional groups attached to an aromatic ring is 1. The number of nitrogens with two attached hydrogens (primary N) is 1. The van der Waals surface area contributed by atoms with Crippen LogP contribution in [0.15, 0.2) is 18.2 Å². The fourth-order valence-corrected chi connectivity index (χ4v) is 1.83. The molecule has 84 valence electrons. The predicted octanol–water partition coefficient (Wildman–Crippen LogP) is 1.23. The number of carbonyl (C=O) groups is 2. The SMILES string of the molecule is Cc1ccc(N)cc1CN1C(=O)CCC1=O. The van der Waals surface area contributed by atoms with E-state index in [1.54, 1.807) is 0 Å². The second kappa shape index (κ2) is 3.96. The maximum Gasteiger partial charge on any atom is 0.229 e. The highest BCUT2D eigenvalue weighted by Crippen LogP contribution is 2.19. The lowest BCUT2D eigenvalue weighted by Gasteiger charge is -2.15. The fraction of sp³-hybridized carbons (Fsp3) is 0.333. The van der Waals surface area contributed by atoms with E-state index in [9.17, 15) is 9.59 Å². The van der Waals surface area contributed by atoms with E-state index < -0.39 is 0 Å². The highest BCUT2D eigenvalue weighted by Gasteiger charge is 2.28. The minimum Gasteiger partial charge on any atom is -0.399 e. The molecule has 0 atom stereocenters. The summed E-state index contributed by atoms with van der Waals surface area (Å²) in [7, 11) is 0. The van der Waals surface area contributed by atoms with Gasteiger partial charge in [-0.1, -0.05) is 6.07 Å². The number of likely N-dealkylation sites (tertiary alicyclic amines) is 1. The lowest BCUT2D eigenvalue weighted by atomic mass is 10.1. The number of nitrogens with zero attached hydrogens (tertiary/aromatic N) is 1. The maximum atomic E-state index is 11.5. The molecule has 1 fully saturated rings. The molecule has 1 aliphatic heterocycles. The molecular weight excluding hydrogens is 204 g/mol. The molecule has 1 aromatic rings. The number of hydrogen-bond acceptors (Lipinski definition) is 3. The Morgan fingerprint density at radius 3 is 2.50 bits per heavy atom. The minimum absolute atomic E-state index is 0.0909. The predicted molar refractivity (Wildman–Crippen MR) is 60.4 cm³/mol. The van der Waals surface area contributed by atoms with Gasteiger partial charge < -0.3 is 5.73 Å². The molecule has 0 aromatic heterocycles. The minimum atomic E-state index is -0.0909. The summed E-state index contributed by atoms with van der Waals surface area (Å²) in [6.45, 7) is 2.29. The van der Waals surface area contributed by atoms with Crippen LogP contribution < -0.4 is 5.73 Å². The Morgan fingerprint density at radius 1 is 1.25 bits per heavy atom. The molecule has 0 bridgehead atoms. The lowest BCUT2D eigenvalue weighted by molar-refractivity contribution is -0.139. The number of hydrogen-bond donors (Lipinski definition) is 1. The van der Waals surface area contributed by atoms with Gasteiger partial charge in [0.15, 0.2) is 0 Å². The summed E-state index contributed by atoms with van der Waals surface area (Å²) in [4.78, 5) is 24.2. The first-order valence-electron chi connectivity index (χ1n) is 5.26. The number of aryl methyl sites for hydroxylation is 1. The zero-order valence-electron chi connectivity index (χ0n) is 9.19. The van der Waals surface area contributed by atoms with Gasteiger partial charge in [-0.15, -0.1) is 0 Å². The number of carbonyl (C=O) groups excluding carboxylic acids is 2. The maximum absolute atomic E-state index is 11.5. The van der Waals surface area contributed by atoms with E-state index in [1.165, 1.54) is 4.90 Å². The van der Waals surface area contributed by atoms with Gasteiger partial charge >= 0.3 is 0 Å². The third-order valence-corrected chi connectivity index (χ3v) is 2.86. The Labute approximate surface area is 94.0 Å². The van der Waals surface area contributed by atoms with E-state index >= 15 is 0 Å². The van der Waals surface area contributed by atoms with Gasteiger partial charge in [-0.05, 0) is 30.2 Å². The molecule has 0 spiro atoms. The number of imide groups is 1. The normalized spacial score (nSPS) is 15.9. The van der Waals surface area contributed by atoms with Crippen LogP contribution in [-0.2, 0) is 16.1 Å². The van der Waals surface area contributed by atoms with Crippen molar-refractivity contribution in [2.45, 2.75) is 26.3 Å². The largest absolute Gasteiger partial charge is 0.399 e. The van der Waals surface area contributed by atoms with E-state index in [4.69, 9.17) is 5.73 Å². The van der Waals surface area contributed by atoms with Crippen molar-refractivity contribution in [2.75, 3.05) is 5.73 Å². The average Bonchev–Trinajstić information content (AvgIpc) is 2.55. The molecule has 4 nitrogen and oxygen atoms in total. The second-order valence-electron chi connectivity index (χ2n) is 4.06. The summed E-state index contributed by atoms with van der Waals surface area (Å²) < 4.78 is 0. The molecular formula is C12H14N2O2. The molecule has 1 aliphatic rings. The molecule has 1 heterocycles. The fourth-order valence-electron chi connectivity index (χ4n) is 1.83. The van der Waals surface area contributed by atoms with E-state index in [2.05, 4.69) is 0 Å². The van der Waals surface area contributed by atoms with Crippen LogP contribution in [0.25, 0.3) is 0 Å². The summed E-state index contributed by atoms with van der Waals surface area (Å²) in [5.74, 6) is -0.182. The highest BCUT2D eigenvalue weighted by atomic mass is 16.2. The number of anilines is 1. The highest BCUT2D eigenvalue weighted by molar-refractivity contribution is 6.01. The van der Waals surface area contributed by atoms with Gasteiger partial charge in [0.05, 0.1) is 6.54 Å². The Balaban J connectivity index is 2.23. The summed E-state index contributed by atoms with van der Waals surface area (Å²) in [6.07, 6.45) is 0.667. The van der Waals surface area contributed by atoms with Crippen molar-refractivity contribution in [1.82, 2.24) is 4.90 Å². The van der Waals surface area contributed by atoms with Crippen LogP contribution >= 0.6 is 0 Å². The van der Waals surface area contributed by atoms with E-state index in [0.717, 1.165) is 11.1 Å². The third kappa shape index (κ3) is 1.91. The second-order valence-corrected chi connectivity index (χ2v) is 4.06. The van der Waals surface area contributed by atoms with Crippen LogP contribution in [-0.4, -0.2) is 16.7 Å². The van der Waals surface area contributed by atoms with Crippen molar-refractivity contribution in [3.63, 3.8) is 0 Å². The van der Waals surface area contributed by atoms with Crippen LogP contribution in [0.2, 0.25) is 0 Å². The van der Waals surface area contributed by atoms with Crippen LogP contribution in [0.3, 0.4) is 0 Å². The Hall–Kier alpha value is -1.84. The molecule has 4 heteroatoms. The van der Waals surface area contributed by atoms with Gasteiger partial charge in [0.1, 0.15) is 0 Å². The summed E-state index contributed by atoms with van der Waals surface area (Å²) in [5.41, 5.74) is 8.31. The van der Waals surface area contributed by atoms with Crippen LogP contribution in [0.4, 0.5) is 5.69 Å². The first kappa shape index (κ1) is 10.7. The summed E-state index contributed by atoms with van der Waals surface area (Å²) in [5, 5.41) is 0. The molecule has 2 N–H and O–H groups in total. The number of amides is 2. The van der Waals surface area contributed by atoms with Crippen LogP contribution in [0.5, 0.6) is 0 Å². The molecule has 0 radical (unpaired) electrons. The molecule has 16 heavy (non-hydrogen) atoms. The van der Waals surface area contributed by atoms with Crippen molar-refractivity contribution in [3.8, 4) is 0 Å². The van der Waals surface area contributed by atoms with Gasteiger partial charge in [-0.2, -0.15) is 0 Å². The molecule has 2 rings (SSSR count). The summed E-state index contributed by atoms with van der Waals surface area (Å²) >= 11 is 0. The number of benzene rings is 1. The lowest BCUT2D eigenvalue weighted by Crippen LogP contribution is -2.28. The van der Waals surface area contributed by atoms with Crippen molar-refractivity contribution in [3.05, 3.63) is 29.3 Å². The van der Waals surface area contributed by atoms with Gasteiger partial charge in [0, 0.05) is 18.5 Å². The van der Waals surface area contributed by atoms with Crippen molar-refractivity contribution in [1.29, 1.82) is 0 Å². The standard InChI is InChI=1S/C12H14N2O2/c1-8-2-3-10(13)6-9(8)7-14-11(15)4-5-12(14)16/h2-3,6H,4-5,7,13H2,1H3. The van der Waals surface area contributed by atoms with Crippen molar-refractivity contribution < 1.29 is 9.59 Å². The molecule has 1 saturated heterocycles. The zero-order chi connectivity index (χ0) is 11.7. The van der Waals surface area contributed by atoms with Crippen molar-refractivity contribution in [2.24, 2.45) is 0 Å². The number of rotatable bonds is 2. The topological polar surface area (TPSA) is 63.4 Å². The molecule has 0 aliphatic carbocycles. The molecule has 0 saturated carbocycles. The van der Waals surface area contributed by atoms with E-state index in [1.807, 2.05) is 25.1 Å². The molecule has 2 amide bonds. The smallest absolute Gasteiger partial charge is 0.229 e. The third-order valence-electron chi connectivity index (χ3n) is 2.86. The molecule has 0 unspecified atom stereocenters. The van der Waals surface area contributed by atoms with Crippen LogP contribution in [0, 0.1) is 6.92 Å². The monoisotopic (exact) mass is 218 g/mol. The van der Waals surface area contributed by atoms with E-state index in [0.29, 0.717) is 25.1 Å². The Morgan fingerprint density at radius 2 is 1.88 bits per heavy atom. The first-order chi connectivity index (χ1) is 7.58. The summed E-state index contributed by atoms with van der Waals surface area (Å²) in [6, 6.07) is 5.52. The van der Waals surface area contributed by atoms with Gasteiger partial charge in [0.2, 0.25) is 11.8 Å². The quantitative estimate of drug-likeness (QED) is 0.599. The van der Waals surface area contributed by atoms with Crippen molar-refractivity contribution >= 4 is 17.5 Å². The molecule has 1 aromatic carbocycles. The Kier molecular flexibility index (Phi) is 2.64. The van der Waals surface area contributed by atoms with Gasteiger partial charge in [-0.3, -0.25) is 14.5 Å². The van der Waals surface area contributed by atoms with Gasteiger partial charge in [0.25, 0.3) is 0 Å².